The first-order valence-corrected chi connectivity index (χ1v) is 9.99. The van der Waals surface area contributed by atoms with Gasteiger partial charge in [0.15, 0.2) is 5.54 Å². The number of halogens is 2. The molecule has 2 N–H and O–H groups in total. The summed E-state index contributed by atoms with van der Waals surface area (Å²) in [5, 5.41) is 12.4. The van der Waals surface area contributed by atoms with Gasteiger partial charge in [-0.15, -0.1) is 0 Å². The van der Waals surface area contributed by atoms with Crippen molar-refractivity contribution in [3.05, 3.63) is 40.9 Å². The Bertz CT molecular complexity index is 855. The summed E-state index contributed by atoms with van der Waals surface area (Å²) < 4.78 is 31.7. The molecule has 2 rings (SSSR count). The molecule has 0 aliphatic carbocycles. The molecular formula is C16H18Cl2N2O6S. The molecule has 2 atom stereocenters. The van der Waals surface area contributed by atoms with E-state index in [-0.39, 0.29) is 34.5 Å². The minimum Gasteiger partial charge on any atom is -0.480 e. The number of nitrogens with zero attached hydrogens (tertiary/aromatic N) is 1. The normalized spacial score (nSPS) is 23.0. The highest BCUT2D eigenvalue weighted by Crippen LogP contribution is 2.36. The summed E-state index contributed by atoms with van der Waals surface area (Å²) in [4.78, 5) is 23.6. The summed E-state index contributed by atoms with van der Waals surface area (Å²) in [6.45, 7) is 4.44. The fraction of sp³-hybridized carbons (Fsp3) is 0.375. The van der Waals surface area contributed by atoms with Crippen LogP contribution in [0.3, 0.4) is 0 Å². The van der Waals surface area contributed by atoms with Crippen molar-refractivity contribution < 1.29 is 27.9 Å². The number of carbonyl (C=O) groups is 2. The van der Waals surface area contributed by atoms with Gasteiger partial charge in [-0.3, -0.25) is 4.79 Å². The standard InChI is InChI=1S/C16H18Cl2N2O6S/c1-3-6-26-15(23)19-13-4-5-20(16(13,2)14(21)22)27(24,25)12-8-10(17)7-11(18)9-12/h3,7-9,13H,1,4-6H2,2H3,(H,19,23)(H,21,22). The lowest BCUT2D eigenvalue weighted by Gasteiger charge is -2.34. The summed E-state index contributed by atoms with van der Waals surface area (Å²) in [6.07, 6.45) is 0.571. The van der Waals surface area contributed by atoms with Crippen molar-refractivity contribution in [3.63, 3.8) is 0 Å². The monoisotopic (exact) mass is 436 g/mol. The summed E-state index contributed by atoms with van der Waals surface area (Å²) in [6, 6.07) is 2.73. The van der Waals surface area contributed by atoms with Crippen LogP contribution >= 0.6 is 23.2 Å². The number of alkyl carbamates (subject to hydrolysis) is 1. The molecule has 1 aromatic rings. The van der Waals surface area contributed by atoms with Crippen LogP contribution in [0.15, 0.2) is 35.7 Å². The molecule has 1 aliphatic heterocycles. The minimum absolute atomic E-state index is 0.0641. The van der Waals surface area contributed by atoms with E-state index in [1.165, 1.54) is 31.2 Å². The molecule has 0 spiro atoms. The van der Waals surface area contributed by atoms with E-state index in [2.05, 4.69) is 11.9 Å². The van der Waals surface area contributed by atoms with E-state index in [0.717, 1.165) is 4.31 Å². The number of hydrogen-bond donors (Lipinski definition) is 2. The first-order valence-electron chi connectivity index (χ1n) is 7.80. The van der Waals surface area contributed by atoms with E-state index in [9.17, 15) is 23.1 Å². The molecule has 1 heterocycles. The first kappa shape index (κ1) is 21.5. The summed E-state index contributed by atoms with van der Waals surface area (Å²) in [7, 11) is -4.25. The van der Waals surface area contributed by atoms with Gasteiger partial charge in [-0.25, -0.2) is 13.2 Å². The van der Waals surface area contributed by atoms with Gasteiger partial charge in [0.05, 0.1) is 10.9 Å². The molecule has 0 aromatic heterocycles. The second-order valence-electron chi connectivity index (χ2n) is 6.01. The number of hydrogen-bond acceptors (Lipinski definition) is 5. The van der Waals surface area contributed by atoms with Crippen molar-refractivity contribution in [2.24, 2.45) is 0 Å². The van der Waals surface area contributed by atoms with Crippen LogP contribution in [0, 0.1) is 0 Å². The highest BCUT2D eigenvalue weighted by molar-refractivity contribution is 7.89. The molecule has 11 heteroatoms. The highest BCUT2D eigenvalue weighted by atomic mass is 35.5. The number of carboxylic acid groups (broad SMARTS) is 1. The minimum atomic E-state index is -4.25. The number of carboxylic acids is 1. The lowest BCUT2D eigenvalue weighted by atomic mass is 9.95. The average molecular weight is 437 g/mol. The smallest absolute Gasteiger partial charge is 0.407 e. The van der Waals surface area contributed by atoms with E-state index in [1.54, 1.807) is 0 Å². The van der Waals surface area contributed by atoms with Crippen LogP contribution in [0.1, 0.15) is 13.3 Å². The molecule has 0 bridgehead atoms. The fourth-order valence-corrected chi connectivity index (χ4v) is 5.41. The topological polar surface area (TPSA) is 113 Å². The number of benzene rings is 1. The molecule has 8 nitrogen and oxygen atoms in total. The van der Waals surface area contributed by atoms with E-state index in [4.69, 9.17) is 27.9 Å². The Kier molecular flexibility index (Phi) is 6.41. The lowest BCUT2D eigenvalue weighted by molar-refractivity contribution is -0.147. The molecular weight excluding hydrogens is 419 g/mol. The maximum absolute atomic E-state index is 13.1. The van der Waals surface area contributed by atoms with Gasteiger partial charge >= 0.3 is 12.1 Å². The number of aliphatic carboxylic acids is 1. The largest absolute Gasteiger partial charge is 0.480 e. The van der Waals surface area contributed by atoms with Gasteiger partial charge in [0.1, 0.15) is 6.61 Å². The Morgan fingerprint density at radius 1 is 1.41 bits per heavy atom. The van der Waals surface area contributed by atoms with Crippen molar-refractivity contribution in [3.8, 4) is 0 Å². The zero-order valence-corrected chi connectivity index (χ0v) is 16.6. The molecule has 1 amide bonds. The van der Waals surface area contributed by atoms with Crippen molar-refractivity contribution in [1.29, 1.82) is 0 Å². The third-order valence-electron chi connectivity index (χ3n) is 4.30. The second-order valence-corrected chi connectivity index (χ2v) is 8.74. The van der Waals surface area contributed by atoms with E-state index < -0.39 is 33.7 Å². The van der Waals surface area contributed by atoms with Gasteiger partial charge in [-0.05, 0) is 31.5 Å². The first-order chi connectivity index (χ1) is 12.5. The molecule has 1 saturated heterocycles. The second kappa shape index (κ2) is 8.05. The van der Waals surface area contributed by atoms with Gasteiger partial charge in [0, 0.05) is 16.6 Å². The molecule has 2 unspecified atom stereocenters. The molecule has 0 saturated carbocycles. The average Bonchev–Trinajstić information content (AvgIpc) is 2.90. The molecule has 1 aromatic carbocycles. The molecule has 27 heavy (non-hydrogen) atoms. The van der Waals surface area contributed by atoms with E-state index >= 15 is 0 Å². The van der Waals surface area contributed by atoms with Gasteiger partial charge in [0.25, 0.3) is 0 Å². The summed E-state index contributed by atoms with van der Waals surface area (Å²) in [5.41, 5.74) is -1.93. The summed E-state index contributed by atoms with van der Waals surface area (Å²) in [5.74, 6) is -1.41. The van der Waals surface area contributed by atoms with Crippen molar-refractivity contribution in [1.82, 2.24) is 9.62 Å². The number of ether oxygens (including phenoxy) is 1. The van der Waals surface area contributed by atoms with Crippen LogP contribution < -0.4 is 5.32 Å². The van der Waals surface area contributed by atoms with Crippen LogP contribution in [0.2, 0.25) is 10.0 Å². The van der Waals surface area contributed by atoms with Gasteiger partial charge in [-0.2, -0.15) is 4.31 Å². The summed E-state index contributed by atoms with van der Waals surface area (Å²) >= 11 is 11.8. The maximum Gasteiger partial charge on any atom is 0.407 e. The Morgan fingerprint density at radius 3 is 2.52 bits per heavy atom. The maximum atomic E-state index is 13.1. The predicted molar refractivity (Wildman–Crippen MR) is 99.5 cm³/mol. The number of nitrogens with one attached hydrogen (secondary N) is 1. The van der Waals surface area contributed by atoms with Crippen molar-refractivity contribution in [2.45, 2.75) is 29.8 Å². The van der Waals surface area contributed by atoms with Crippen LogP contribution in [0.5, 0.6) is 0 Å². The quantitative estimate of drug-likeness (QED) is 0.662. The Hall–Kier alpha value is -1.81. The van der Waals surface area contributed by atoms with Gasteiger partial charge in [-0.1, -0.05) is 35.9 Å². The number of rotatable bonds is 6. The SMILES string of the molecule is C=CCOC(=O)NC1CCN(S(=O)(=O)c2cc(Cl)cc(Cl)c2)C1(C)C(=O)O. The van der Waals surface area contributed by atoms with Gasteiger partial charge in [0.2, 0.25) is 10.0 Å². The van der Waals surface area contributed by atoms with E-state index in [0.29, 0.717) is 0 Å². The van der Waals surface area contributed by atoms with Crippen molar-refractivity contribution in [2.75, 3.05) is 13.2 Å². The lowest BCUT2D eigenvalue weighted by Crippen LogP contribution is -2.60. The Morgan fingerprint density at radius 2 is 2.00 bits per heavy atom. The highest BCUT2D eigenvalue weighted by Gasteiger charge is 2.57. The zero-order valence-electron chi connectivity index (χ0n) is 14.3. The zero-order chi connectivity index (χ0) is 20.4. The van der Waals surface area contributed by atoms with Gasteiger partial charge < -0.3 is 15.2 Å². The Labute approximate surface area is 166 Å². The predicted octanol–water partition coefficient (Wildman–Crippen LogP) is 2.51. The molecule has 148 valence electrons. The van der Waals surface area contributed by atoms with Crippen LogP contribution in [0.25, 0.3) is 0 Å². The van der Waals surface area contributed by atoms with Crippen molar-refractivity contribution >= 4 is 45.3 Å². The van der Waals surface area contributed by atoms with Crippen LogP contribution in [-0.4, -0.2) is 54.6 Å². The molecule has 1 fully saturated rings. The fourth-order valence-electron chi connectivity index (χ4n) is 2.89. The number of carbonyl (C=O) groups excluding carboxylic acids is 1. The van der Waals surface area contributed by atoms with E-state index in [1.807, 2.05) is 0 Å². The third-order valence-corrected chi connectivity index (χ3v) is 6.71. The van der Waals surface area contributed by atoms with Crippen LogP contribution in [-0.2, 0) is 19.6 Å². The Balaban J connectivity index is 2.40. The molecule has 1 aliphatic rings. The molecule has 0 radical (unpaired) electrons. The number of sulfonamides is 1. The number of amides is 1. The van der Waals surface area contributed by atoms with Crippen LogP contribution in [0.4, 0.5) is 4.79 Å². The third kappa shape index (κ3) is 4.21.